The maximum atomic E-state index is 12.5. The van der Waals surface area contributed by atoms with Gasteiger partial charge in [-0.3, -0.25) is 9.59 Å². The average molecular weight is 386 g/mol. The van der Waals surface area contributed by atoms with Crippen LogP contribution in [0, 0.1) is 6.92 Å². The molecule has 0 saturated heterocycles. The Morgan fingerprint density at radius 2 is 1.89 bits per heavy atom. The molecule has 2 heterocycles. The first kappa shape index (κ1) is 19.2. The third kappa shape index (κ3) is 3.34. The van der Waals surface area contributed by atoms with Crippen LogP contribution in [0.5, 0.6) is 11.5 Å². The van der Waals surface area contributed by atoms with E-state index < -0.39 is 23.9 Å². The number of esters is 1. The van der Waals surface area contributed by atoms with Gasteiger partial charge in [0.25, 0.3) is 5.56 Å². The highest BCUT2D eigenvalue weighted by Crippen LogP contribution is 2.28. The average Bonchev–Trinajstić information content (AvgIpc) is 3.04. The fourth-order valence-corrected chi connectivity index (χ4v) is 2.73. The number of benzene rings is 1. The minimum Gasteiger partial charge on any atom is -0.493 e. The maximum Gasteiger partial charge on any atom is 0.343 e. The molecule has 0 aliphatic carbocycles. The summed E-state index contributed by atoms with van der Waals surface area (Å²) in [7, 11) is 4.44. The van der Waals surface area contributed by atoms with E-state index in [9.17, 15) is 14.4 Å². The zero-order valence-electron chi connectivity index (χ0n) is 15.8. The second kappa shape index (κ2) is 7.55. The molecular formula is C19H18N2O7. The third-order valence-electron chi connectivity index (χ3n) is 4.19. The number of rotatable bonds is 6. The monoisotopic (exact) mass is 386 g/mol. The number of hydrogen-bond acceptors (Lipinski definition) is 8. The lowest BCUT2D eigenvalue weighted by atomic mass is 10.1. The van der Waals surface area contributed by atoms with Crippen molar-refractivity contribution in [1.82, 2.24) is 9.55 Å². The van der Waals surface area contributed by atoms with Crippen molar-refractivity contribution in [2.75, 3.05) is 20.8 Å². The molecule has 0 bridgehead atoms. The van der Waals surface area contributed by atoms with E-state index in [1.165, 1.54) is 51.2 Å². The van der Waals surface area contributed by atoms with Gasteiger partial charge in [0.2, 0.25) is 5.71 Å². The Labute approximate surface area is 159 Å². The number of ether oxygens (including phenoxy) is 3. The Morgan fingerprint density at radius 3 is 2.57 bits per heavy atom. The number of ketones is 1. The molecule has 0 spiro atoms. The van der Waals surface area contributed by atoms with Gasteiger partial charge in [-0.1, -0.05) is 0 Å². The first-order valence-electron chi connectivity index (χ1n) is 8.24. The number of aromatic nitrogens is 2. The normalized spacial score (nSPS) is 10.7. The van der Waals surface area contributed by atoms with Crippen LogP contribution in [-0.4, -0.2) is 42.1 Å². The fraction of sp³-hybridized carbons (Fsp3) is 0.263. The highest BCUT2D eigenvalue weighted by atomic mass is 16.5. The minimum atomic E-state index is -0.838. The molecule has 0 unspecified atom stereocenters. The van der Waals surface area contributed by atoms with Crippen LogP contribution in [-0.2, 0) is 11.8 Å². The van der Waals surface area contributed by atoms with Crippen LogP contribution >= 0.6 is 0 Å². The quantitative estimate of drug-likeness (QED) is 0.467. The second-order valence-electron chi connectivity index (χ2n) is 5.94. The Hall–Kier alpha value is -3.62. The Morgan fingerprint density at radius 1 is 1.18 bits per heavy atom. The van der Waals surface area contributed by atoms with Crippen LogP contribution < -0.4 is 15.0 Å². The summed E-state index contributed by atoms with van der Waals surface area (Å²) >= 11 is 0. The van der Waals surface area contributed by atoms with Gasteiger partial charge in [0, 0.05) is 12.6 Å². The van der Waals surface area contributed by atoms with Crippen molar-refractivity contribution in [1.29, 1.82) is 0 Å². The summed E-state index contributed by atoms with van der Waals surface area (Å²) in [5, 5.41) is 0.0195. The smallest absolute Gasteiger partial charge is 0.343 e. The van der Waals surface area contributed by atoms with Crippen molar-refractivity contribution in [2.24, 2.45) is 7.05 Å². The van der Waals surface area contributed by atoms with E-state index in [4.69, 9.17) is 18.6 Å². The van der Waals surface area contributed by atoms with E-state index in [1.54, 1.807) is 6.07 Å². The number of Topliss-reactive ketones (excluding diaryl/α,β-unsaturated/α-hetero) is 1. The summed E-state index contributed by atoms with van der Waals surface area (Å²) in [5.74, 6) is -0.235. The van der Waals surface area contributed by atoms with Crippen LogP contribution in [0.3, 0.4) is 0 Å². The van der Waals surface area contributed by atoms with E-state index in [-0.39, 0.29) is 28.0 Å². The number of methoxy groups -OCH3 is 2. The SMILES string of the molecule is COc1ccc(C(=O)COC(=O)c2c(C)oc3ncn(C)c(=O)c23)cc1OC. The van der Waals surface area contributed by atoms with Crippen molar-refractivity contribution < 1.29 is 28.2 Å². The molecule has 9 heteroatoms. The predicted octanol–water partition coefficient (Wildman–Crippen LogP) is 1.89. The lowest BCUT2D eigenvalue weighted by Gasteiger charge is -2.09. The van der Waals surface area contributed by atoms with Crippen molar-refractivity contribution in [3.05, 3.63) is 51.8 Å². The highest BCUT2D eigenvalue weighted by Gasteiger charge is 2.24. The molecule has 0 amide bonds. The van der Waals surface area contributed by atoms with Crippen molar-refractivity contribution in [2.45, 2.75) is 6.92 Å². The predicted molar refractivity (Wildman–Crippen MR) is 98.1 cm³/mol. The largest absolute Gasteiger partial charge is 0.493 e. The van der Waals surface area contributed by atoms with Crippen molar-refractivity contribution in [3.8, 4) is 11.5 Å². The van der Waals surface area contributed by atoms with Gasteiger partial charge in [0.1, 0.15) is 23.0 Å². The van der Waals surface area contributed by atoms with Crippen molar-refractivity contribution in [3.63, 3.8) is 0 Å². The molecule has 1 aromatic carbocycles. The fourth-order valence-electron chi connectivity index (χ4n) is 2.73. The molecule has 0 radical (unpaired) electrons. The summed E-state index contributed by atoms with van der Waals surface area (Å²) in [6, 6.07) is 4.61. The zero-order valence-corrected chi connectivity index (χ0v) is 15.8. The molecule has 0 atom stereocenters. The van der Waals surface area contributed by atoms with Gasteiger partial charge in [0.05, 0.1) is 14.2 Å². The lowest BCUT2D eigenvalue weighted by Crippen LogP contribution is -2.20. The molecule has 0 aliphatic rings. The Bertz CT molecular complexity index is 1130. The number of nitrogens with zero attached hydrogens (tertiary/aromatic N) is 2. The minimum absolute atomic E-state index is 0.0195. The molecule has 0 saturated carbocycles. The number of carbonyl (C=O) groups excluding carboxylic acids is 2. The number of aryl methyl sites for hydroxylation is 2. The zero-order chi connectivity index (χ0) is 20.4. The van der Waals surface area contributed by atoms with Crippen LogP contribution in [0.25, 0.3) is 11.1 Å². The number of hydrogen-bond donors (Lipinski definition) is 0. The second-order valence-corrected chi connectivity index (χ2v) is 5.94. The van der Waals surface area contributed by atoms with Gasteiger partial charge in [0.15, 0.2) is 23.9 Å². The molecule has 0 N–H and O–H groups in total. The molecule has 3 rings (SSSR count). The molecule has 3 aromatic rings. The van der Waals surface area contributed by atoms with Crippen molar-refractivity contribution >= 4 is 22.9 Å². The van der Waals surface area contributed by atoms with E-state index >= 15 is 0 Å². The van der Waals surface area contributed by atoms with Crippen LogP contribution in [0.2, 0.25) is 0 Å². The number of carbonyl (C=O) groups is 2. The van der Waals surface area contributed by atoms with E-state index in [1.807, 2.05) is 0 Å². The van der Waals surface area contributed by atoms with Gasteiger partial charge >= 0.3 is 5.97 Å². The summed E-state index contributed by atoms with van der Waals surface area (Å²) in [6.07, 6.45) is 1.29. The summed E-state index contributed by atoms with van der Waals surface area (Å²) in [4.78, 5) is 41.2. The summed E-state index contributed by atoms with van der Waals surface area (Å²) in [5.41, 5.74) is -0.153. The van der Waals surface area contributed by atoms with E-state index in [0.717, 1.165) is 0 Å². The summed E-state index contributed by atoms with van der Waals surface area (Å²) in [6.45, 7) is 1.01. The number of fused-ring (bicyclic) bond motifs is 1. The Kier molecular flexibility index (Phi) is 5.16. The van der Waals surface area contributed by atoms with Gasteiger partial charge in [-0.15, -0.1) is 0 Å². The topological polar surface area (TPSA) is 110 Å². The maximum absolute atomic E-state index is 12.5. The van der Waals surface area contributed by atoms with Gasteiger partial charge in [-0.2, -0.15) is 0 Å². The van der Waals surface area contributed by atoms with Crippen LogP contribution in [0.4, 0.5) is 0 Å². The highest BCUT2D eigenvalue weighted by molar-refractivity contribution is 6.05. The molecule has 0 aliphatic heterocycles. The molecule has 28 heavy (non-hydrogen) atoms. The van der Waals surface area contributed by atoms with E-state index in [2.05, 4.69) is 4.98 Å². The molecule has 9 nitrogen and oxygen atoms in total. The lowest BCUT2D eigenvalue weighted by molar-refractivity contribution is 0.0474. The molecule has 146 valence electrons. The Balaban J connectivity index is 1.82. The molecule has 2 aromatic heterocycles. The van der Waals surface area contributed by atoms with Gasteiger partial charge in [-0.05, 0) is 25.1 Å². The van der Waals surface area contributed by atoms with Crippen LogP contribution in [0.1, 0.15) is 26.5 Å². The molecule has 0 fully saturated rings. The molecular weight excluding hydrogens is 368 g/mol. The van der Waals surface area contributed by atoms with Crippen LogP contribution in [0.15, 0.2) is 33.7 Å². The van der Waals surface area contributed by atoms with E-state index in [0.29, 0.717) is 11.5 Å². The first-order chi connectivity index (χ1) is 13.4. The standard InChI is InChI=1S/C19H18N2O7/c1-10-15(16-17(28-10)20-9-21(2)18(16)23)19(24)27-8-12(22)11-5-6-13(25-3)14(7-11)26-4/h5-7,9H,8H2,1-4H3. The third-order valence-corrected chi connectivity index (χ3v) is 4.19. The first-order valence-corrected chi connectivity index (χ1v) is 8.24. The van der Waals surface area contributed by atoms with Gasteiger partial charge in [-0.25, -0.2) is 9.78 Å². The summed E-state index contributed by atoms with van der Waals surface area (Å²) < 4.78 is 22.0. The van der Waals surface area contributed by atoms with Gasteiger partial charge < -0.3 is 23.2 Å². The number of furan rings is 1.